The molecule has 0 radical (unpaired) electrons. The number of fused-ring (bicyclic) bond motifs is 1. The number of carbonyl (C=O) groups excluding carboxylic acids is 1. The number of aromatic nitrogens is 2. The zero-order chi connectivity index (χ0) is 16.4. The second-order valence-corrected chi connectivity index (χ2v) is 7.27. The van der Waals surface area contributed by atoms with Gasteiger partial charge in [-0.2, -0.15) is 0 Å². The van der Waals surface area contributed by atoms with Crippen molar-refractivity contribution in [1.82, 2.24) is 15.3 Å². The Morgan fingerprint density at radius 1 is 1.43 bits per heavy atom. The van der Waals surface area contributed by atoms with Crippen molar-refractivity contribution in [3.8, 4) is 10.4 Å². The van der Waals surface area contributed by atoms with Gasteiger partial charge in [0.25, 0.3) is 11.5 Å². The minimum Gasteiger partial charge on any atom is -0.354 e. The van der Waals surface area contributed by atoms with Crippen LogP contribution in [0.25, 0.3) is 20.7 Å². The van der Waals surface area contributed by atoms with E-state index in [1.165, 1.54) is 16.2 Å². The number of aromatic amines is 1. The Kier molecular flexibility index (Phi) is 4.56. The summed E-state index contributed by atoms with van der Waals surface area (Å²) in [6.07, 6.45) is 0. The van der Waals surface area contributed by atoms with Crippen LogP contribution in [-0.2, 0) is 11.3 Å². The van der Waals surface area contributed by atoms with Crippen LogP contribution >= 0.6 is 22.7 Å². The quantitative estimate of drug-likeness (QED) is 0.637. The third-order valence-corrected chi connectivity index (χ3v) is 5.35. The number of thiophene rings is 2. The van der Waals surface area contributed by atoms with E-state index in [1.54, 1.807) is 23.7 Å². The maximum atomic E-state index is 12.4. The zero-order valence-electron chi connectivity index (χ0n) is 12.8. The smallest absolute Gasteiger partial charge is 0.274 e. The van der Waals surface area contributed by atoms with E-state index in [1.807, 2.05) is 24.4 Å². The van der Waals surface area contributed by atoms with Crippen LogP contribution in [0.15, 0.2) is 22.3 Å². The van der Waals surface area contributed by atoms with E-state index in [0.29, 0.717) is 24.3 Å². The topological polar surface area (TPSA) is 91.5 Å². The van der Waals surface area contributed by atoms with Crippen LogP contribution in [0.2, 0.25) is 0 Å². The van der Waals surface area contributed by atoms with Crippen LogP contribution in [-0.4, -0.2) is 29.5 Å². The number of nitrogens with one attached hydrogen (secondary N) is 2. The number of rotatable bonds is 5. The minimum absolute atomic E-state index is 0.0556. The molecule has 4 N–H and O–H groups in total. The van der Waals surface area contributed by atoms with Crippen LogP contribution in [0.5, 0.6) is 0 Å². The number of H-pyrrole nitrogens is 1. The van der Waals surface area contributed by atoms with Crippen LogP contribution in [0.1, 0.15) is 10.7 Å². The minimum atomic E-state index is -0.124. The molecule has 0 aromatic carbocycles. The van der Waals surface area contributed by atoms with Gasteiger partial charge in [-0.15, -0.1) is 22.7 Å². The highest BCUT2D eigenvalue weighted by Gasteiger charge is 2.14. The number of quaternary nitrogens is 1. The monoisotopic (exact) mass is 349 g/mol. The lowest BCUT2D eigenvalue weighted by Crippen LogP contribution is -2.85. The third-order valence-electron chi connectivity index (χ3n) is 3.45. The number of hydrogen-bond donors (Lipinski definition) is 3. The molecular formula is C15H17N4O2S2+. The molecule has 0 bridgehead atoms. The summed E-state index contributed by atoms with van der Waals surface area (Å²) >= 11 is 3.14. The first kappa shape index (κ1) is 15.9. The number of amides is 1. The standard InChI is InChI=1S/C15H16N4O2S2/c1-8-3-4-10(23-8)9-7-22-15-13(9)14(21)18-11(19-15)5-17-6-12(20)16-2/h3-4,7,17H,5-6H2,1-2H3,(H,16,20)(H,18,19,21)/p+1. The van der Waals surface area contributed by atoms with Gasteiger partial charge in [0, 0.05) is 27.7 Å². The van der Waals surface area contributed by atoms with Gasteiger partial charge >= 0.3 is 0 Å². The highest BCUT2D eigenvalue weighted by Crippen LogP contribution is 2.34. The molecule has 6 nitrogen and oxygen atoms in total. The molecule has 3 rings (SSSR count). The van der Waals surface area contributed by atoms with Gasteiger partial charge in [0.2, 0.25) is 0 Å². The van der Waals surface area contributed by atoms with E-state index in [9.17, 15) is 9.59 Å². The molecule has 0 spiro atoms. The van der Waals surface area contributed by atoms with Crippen LogP contribution in [0.3, 0.4) is 0 Å². The summed E-state index contributed by atoms with van der Waals surface area (Å²) in [5, 5.41) is 6.99. The van der Waals surface area contributed by atoms with E-state index in [-0.39, 0.29) is 11.5 Å². The average molecular weight is 349 g/mol. The molecule has 0 aliphatic carbocycles. The summed E-state index contributed by atoms with van der Waals surface area (Å²) in [6, 6.07) is 4.08. The van der Waals surface area contributed by atoms with E-state index in [4.69, 9.17) is 0 Å². The molecule has 0 aliphatic rings. The van der Waals surface area contributed by atoms with Gasteiger partial charge in [0.05, 0.1) is 5.39 Å². The molecule has 0 saturated carbocycles. The van der Waals surface area contributed by atoms with Crippen LogP contribution < -0.4 is 16.2 Å². The Balaban J connectivity index is 1.89. The Bertz CT molecular complexity index is 910. The van der Waals surface area contributed by atoms with Gasteiger partial charge in [-0.25, -0.2) is 4.98 Å². The largest absolute Gasteiger partial charge is 0.354 e. The molecule has 120 valence electrons. The van der Waals surface area contributed by atoms with Gasteiger partial charge in [-0.1, -0.05) is 0 Å². The first-order valence-corrected chi connectivity index (χ1v) is 8.87. The maximum Gasteiger partial charge on any atom is 0.274 e. The number of carbonyl (C=O) groups is 1. The summed E-state index contributed by atoms with van der Waals surface area (Å²) < 4.78 is 0. The number of nitrogens with zero attached hydrogens (tertiary/aromatic N) is 1. The zero-order valence-corrected chi connectivity index (χ0v) is 14.4. The maximum absolute atomic E-state index is 12.4. The Labute approximate surface area is 140 Å². The van der Waals surface area contributed by atoms with Crippen molar-refractivity contribution in [1.29, 1.82) is 0 Å². The predicted molar refractivity (Wildman–Crippen MR) is 92.9 cm³/mol. The molecule has 0 atom stereocenters. The number of nitrogens with two attached hydrogens (primary N) is 1. The Morgan fingerprint density at radius 2 is 2.26 bits per heavy atom. The molecule has 0 unspecified atom stereocenters. The predicted octanol–water partition coefficient (Wildman–Crippen LogP) is 0.831. The second kappa shape index (κ2) is 6.61. The summed E-state index contributed by atoms with van der Waals surface area (Å²) in [5.74, 6) is 0.530. The van der Waals surface area contributed by atoms with Gasteiger partial charge in [0.1, 0.15) is 11.4 Å². The van der Waals surface area contributed by atoms with Crippen LogP contribution in [0, 0.1) is 6.92 Å². The van der Waals surface area contributed by atoms with E-state index in [0.717, 1.165) is 15.3 Å². The van der Waals surface area contributed by atoms with Crippen molar-refractivity contribution in [3.05, 3.63) is 38.6 Å². The highest BCUT2D eigenvalue weighted by molar-refractivity contribution is 7.19. The van der Waals surface area contributed by atoms with Crippen molar-refractivity contribution >= 4 is 38.8 Å². The molecular weight excluding hydrogens is 332 g/mol. The second-order valence-electron chi connectivity index (χ2n) is 5.12. The normalized spacial score (nSPS) is 11.0. The van der Waals surface area contributed by atoms with Gasteiger partial charge < -0.3 is 15.6 Å². The molecule has 0 saturated heterocycles. The van der Waals surface area contributed by atoms with E-state index < -0.39 is 0 Å². The fourth-order valence-electron chi connectivity index (χ4n) is 2.29. The van der Waals surface area contributed by atoms with Gasteiger partial charge in [0.15, 0.2) is 12.4 Å². The molecule has 23 heavy (non-hydrogen) atoms. The fraction of sp³-hybridized carbons (Fsp3) is 0.267. The molecule has 0 aliphatic heterocycles. The lowest BCUT2D eigenvalue weighted by atomic mass is 10.2. The van der Waals surface area contributed by atoms with Gasteiger partial charge in [-0.3, -0.25) is 9.59 Å². The molecule has 3 aromatic rings. The SMILES string of the molecule is CNC(=O)C[NH2+]Cc1nc2scc(-c3ccc(C)s3)c2c(=O)[nH]1. The highest BCUT2D eigenvalue weighted by atomic mass is 32.1. The van der Waals surface area contributed by atoms with Crippen molar-refractivity contribution in [3.63, 3.8) is 0 Å². The number of hydrogen-bond acceptors (Lipinski definition) is 5. The average Bonchev–Trinajstić information content (AvgIpc) is 3.13. The summed E-state index contributed by atoms with van der Waals surface area (Å²) in [4.78, 5) is 34.0. The summed E-state index contributed by atoms with van der Waals surface area (Å²) in [6.45, 7) is 2.82. The first-order valence-electron chi connectivity index (χ1n) is 7.18. The summed E-state index contributed by atoms with van der Waals surface area (Å²) in [5.41, 5.74) is 0.818. The fourth-order valence-corrected chi connectivity index (χ4v) is 4.22. The number of likely N-dealkylation sites (N-methyl/N-ethyl adjacent to an activating group) is 1. The Hall–Kier alpha value is -2.03. The summed E-state index contributed by atoms with van der Waals surface area (Å²) in [7, 11) is 1.60. The molecule has 0 fully saturated rings. The van der Waals surface area contributed by atoms with E-state index >= 15 is 0 Å². The molecule has 3 aromatic heterocycles. The molecule has 1 amide bonds. The van der Waals surface area contributed by atoms with Crippen molar-refractivity contribution in [2.24, 2.45) is 0 Å². The molecule has 8 heteroatoms. The third kappa shape index (κ3) is 3.34. The lowest BCUT2D eigenvalue weighted by molar-refractivity contribution is -0.661. The van der Waals surface area contributed by atoms with Crippen molar-refractivity contribution in [2.45, 2.75) is 13.5 Å². The van der Waals surface area contributed by atoms with Crippen molar-refractivity contribution in [2.75, 3.05) is 13.6 Å². The first-order chi connectivity index (χ1) is 11.1. The molecule has 3 heterocycles. The lowest BCUT2D eigenvalue weighted by Gasteiger charge is -2.01. The van der Waals surface area contributed by atoms with Gasteiger partial charge in [-0.05, 0) is 19.1 Å². The Morgan fingerprint density at radius 3 is 2.96 bits per heavy atom. The van der Waals surface area contributed by atoms with E-state index in [2.05, 4.69) is 15.3 Å². The van der Waals surface area contributed by atoms with Crippen molar-refractivity contribution < 1.29 is 10.1 Å². The number of aryl methyl sites for hydroxylation is 1. The van der Waals surface area contributed by atoms with Crippen LogP contribution in [0.4, 0.5) is 0 Å².